The normalized spacial score (nSPS) is 10.4. The first-order chi connectivity index (χ1) is 12.5. The second-order valence-corrected chi connectivity index (χ2v) is 6.47. The van der Waals surface area contributed by atoms with E-state index in [9.17, 15) is 0 Å². The second-order valence-electron chi connectivity index (χ2n) is 6.06. The van der Waals surface area contributed by atoms with E-state index >= 15 is 0 Å². The summed E-state index contributed by atoms with van der Waals surface area (Å²) in [6.45, 7) is 4.83. The third kappa shape index (κ3) is 4.40. The number of aromatic nitrogens is 2. The third-order valence-electron chi connectivity index (χ3n) is 4.00. The van der Waals surface area contributed by atoms with Crippen molar-refractivity contribution in [1.82, 2.24) is 9.78 Å². The van der Waals surface area contributed by atoms with Crippen LogP contribution in [0, 0.1) is 13.8 Å². The SMILES string of the molecule is COc1ccccc1NC(=S)Nc1ccc(Cn2nc(C)cc2C)cc1. The molecule has 3 rings (SSSR count). The van der Waals surface area contributed by atoms with E-state index in [0.717, 1.165) is 35.1 Å². The van der Waals surface area contributed by atoms with Crippen LogP contribution in [0.2, 0.25) is 0 Å². The number of hydrogen-bond donors (Lipinski definition) is 2. The van der Waals surface area contributed by atoms with E-state index in [1.165, 1.54) is 5.56 Å². The van der Waals surface area contributed by atoms with Gasteiger partial charge in [0, 0.05) is 11.4 Å². The average molecular weight is 366 g/mol. The number of benzene rings is 2. The minimum absolute atomic E-state index is 0.515. The Labute approximate surface area is 159 Å². The van der Waals surface area contributed by atoms with Gasteiger partial charge in [-0.1, -0.05) is 24.3 Å². The molecule has 0 aliphatic rings. The Kier molecular flexibility index (Phi) is 5.53. The van der Waals surface area contributed by atoms with E-state index in [1.54, 1.807) is 7.11 Å². The van der Waals surface area contributed by atoms with Crippen molar-refractivity contribution in [2.75, 3.05) is 17.7 Å². The highest BCUT2D eigenvalue weighted by Crippen LogP contribution is 2.23. The molecule has 0 saturated carbocycles. The Morgan fingerprint density at radius 3 is 2.46 bits per heavy atom. The van der Waals surface area contributed by atoms with Gasteiger partial charge in [0.15, 0.2) is 5.11 Å². The molecule has 5 nitrogen and oxygen atoms in total. The minimum atomic E-state index is 0.515. The van der Waals surface area contributed by atoms with Gasteiger partial charge in [-0.25, -0.2) is 0 Å². The molecule has 0 spiro atoms. The number of thiocarbonyl (C=S) groups is 1. The van der Waals surface area contributed by atoms with Gasteiger partial charge in [-0.15, -0.1) is 0 Å². The smallest absolute Gasteiger partial charge is 0.175 e. The number of nitrogens with zero attached hydrogens (tertiary/aromatic N) is 2. The Bertz CT molecular complexity index is 902. The number of anilines is 2. The molecule has 0 radical (unpaired) electrons. The molecule has 134 valence electrons. The number of methoxy groups -OCH3 is 1. The molecule has 0 fully saturated rings. The molecule has 26 heavy (non-hydrogen) atoms. The standard InChI is InChI=1S/C20H22N4OS/c1-14-12-15(2)24(23-14)13-16-8-10-17(11-9-16)21-20(26)22-18-6-4-5-7-19(18)25-3/h4-12H,13H2,1-3H3,(H2,21,22,26). The molecule has 0 aliphatic carbocycles. The summed E-state index contributed by atoms with van der Waals surface area (Å²) in [4.78, 5) is 0. The first-order valence-corrected chi connectivity index (χ1v) is 8.77. The number of nitrogens with one attached hydrogen (secondary N) is 2. The molecule has 0 unspecified atom stereocenters. The quantitative estimate of drug-likeness (QED) is 0.657. The molecule has 2 N–H and O–H groups in total. The molecule has 0 amide bonds. The fraction of sp³-hybridized carbons (Fsp3) is 0.200. The highest BCUT2D eigenvalue weighted by atomic mass is 32.1. The van der Waals surface area contributed by atoms with Crippen LogP contribution >= 0.6 is 12.2 Å². The van der Waals surface area contributed by atoms with Gasteiger partial charge in [-0.3, -0.25) is 4.68 Å². The molecular weight excluding hydrogens is 344 g/mol. The van der Waals surface area contributed by atoms with Crippen LogP contribution in [-0.4, -0.2) is 22.0 Å². The maximum atomic E-state index is 5.39. The van der Waals surface area contributed by atoms with Crippen LogP contribution in [0.15, 0.2) is 54.6 Å². The van der Waals surface area contributed by atoms with Crippen molar-refractivity contribution in [3.8, 4) is 5.75 Å². The summed E-state index contributed by atoms with van der Waals surface area (Å²) in [6.07, 6.45) is 0. The Morgan fingerprint density at radius 2 is 1.81 bits per heavy atom. The number of aryl methyl sites for hydroxylation is 2. The van der Waals surface area contributed by atoms with Crippen LogP contribution in [0.5, 0.6) is 5.75 Å². The first-order valence-electron chi connectivity index (χ1n) is 8.36. The van der Waals surface area contributed by atoms with Crippen molar-refractivity contribution in [3.63, 3.8) is 0 Å². The molecule has 6 heteroatoms. The molecule has 0 aliphatic heterocycles. The maximum absolute atomic E-state index is 5.39. The largest absolute Gasteiger partial charge is 0.495 e. The highest BCUT2D eigenvalue weighted by Gasteiger charge is 2.05. The lowest BCUT2D eigenvalue weighted by Gasteiger charge is -2.13. The lowest BCUT2D eigenvalue weighted by atomic mass is 10.2. The molecule has 0 saturated heterocycles. The molecule has 1 aromatic heterocycles. The predicted octanol–water partition coefficient (Wildman–Crippen LogP) is 4.37. The van der Waals surface area contributed by atoms with Gasteiger partial charge in [0.05, 0.1) is 25.0 Å². The zero-order valence-electron chi connectivity index (χ0n) is 15.1. The van der Waals surface area contributed by atoms with Gasteiger partial charge in [0.2, 0.25) is 0 Å². The number of hydrogen-bond acceptors (Lipinski definition) is 3. The van der Waals surface area contributed by atoms with Gasteiger partial charge in [-0.05, 0) is 62.0 Å². The summed E-state index contributed by atoms with van der Waals surface area (Å²) in [5.41, 5.74) is 5.13. The van der Waals surface area contributed by atoms with Crippen molar-refractivity contribution in [1.29, 1.82) is 0 Å². The van der Waals surface area contributed by atoms with Crippen molar-refractivity contribution < 1.29 is 4.74 Å². The summed E-state index contributed by atoms with van der Waals surface area (Å²) in [7, 11) is 1.64. The molecule has 3 aromatic rings. The number of ether oxygens (including phenoxy) is 1. The summed E-state index contributed by atoms with van der Waals surface area (Å²) >= 11 is 5.39. The third-order valence-corrected chi connectivity index (χ3v) is 4.21. The monoisotopic (exact) mass is 366 g/mol. The van der Waals surface area contributed by atoms with E-state index in [4.69, 9.17) is 17.0 Å². The number of para-hydroxylation sites is 2. The summed E-state index contributed by atoms with van der Waals surface area (Å²) in [5.74, 6) is 0.747. The lowest BCUT2D eigenvalue weighted by Crippen LogP contribution is -2.19. The Balaban J connectivity index is 1.62. The van der Waals surface area contributed by atoms with E-state index < -0.39 is 0 Å². The molecule has 1 heterocycles. The zero-order valence-corrected chi connectivity index (χ0v) is 15.9. The van der Waals surface area contributed by atoms with Crippen molar-refractivity contribution >= 4 is 28.7 Å². The summed E-state index contributed by atoms with van der Waals surface area (Å²) in [6, 6.07) is 17.9. The lowest BCUT2D eigenvalue weighted by molar-refractivity contribution is 0.417. The van der Waals surface area contributed by atoms with Crippen molar-refractivity contribution in [3.05, 3.63) is 71.5 Å². The van der Waals surface area contributed by atoms with Gasteiger partial charge in [0.25, 0.3) is 0 Å². The van der Waals surface area contributed by atoms with E-state index in [-0.39, 0.29) is 0 Å². The van der Waals surface area contributed by atoms with Crippen molar-refractivity contribution in [2.24, 2.45) is 0 Å². The van der Waals surface area contributed by atoms with E-state index in [0.29, 0.717) is 5.11 Å². The maximum Gasteiger partial charge on any atom is 0.175 e. The second kappa shape index (κ2) is 8.01. The van der Waals surface area contributed by atoms with Crippen LogP contribution in [0.1, 0.15) is 17.0 Å². The molecular formula is C20H22N4OS. The van der Waals surface area contributed by atoms with Crippen LogP contribution < -0.4 is 15.4 Å². The van der Waals surface area contributed by atoms with Crippen LogP contribution in [-0.2, 0) is 6.54 Å². The Morgan fingerprint density at radius 1 is 1.08 bits per heavy atom. The van der Waals surface area contributed by atoms with Crippen LogP contribution in [0.25, 0.3) is 0 Å². The Hall–Kier alpha value is -2.86. The fourth-order valence-electron chi connectivity index (χ4n) is 2.73. The predicted molar refractivity (Wildman–Crippen MR) is 110 cm³/mol. The summed E-state index contributed by atoms with van der Waals surface area (Å²) in [5, 5.41) is 11.4. The van der Waals surface area contributed by atoms with Crippen LogP contribution in [0.4, 0.5) is 11.4 Å². The van der Waals surface area contributed by atoms with Gasteiger partial charge >= 0.3 is 0 Å². The first kappa shape index (κ1) is 17.9. The molecule has 0 bridgehead atoms. The van der Waals surface area contributed by atoms with Gasteiger partial charge < -0.3 is 15.4 Å². The average Bonchev–Trinajstić information content (AvgIpc) is 2.94. The highest BCUT2D eigenvalue weighted by molar-refractivity contribution is 7.80. The van der Waals surface area contributed by atoms with Gasteiger partial charge in [0.1, 0.15) is 5.75 Å². The van der Waals surface area contributed by atoms with E-state index in [2.05, 4.69) is 40.9 Å². The van der Waals surface area contributed by atoms with Gasteiger partial charge in [-0.2, -0.15) is 5.10 Å². The number of rotatable bonds is 5. The molecule has 0 atom stereocenters. The molecule has 2 aromatic carbocycles. The van der Waals surface area contributed by atoms with Crippen molar-refractivity contribution in [2.45, 2.75) is 20.4 Å². The zero-order chi connectivity index (χ0) is 18.5. The van der Waals surface area contributed by atoms with Crippen LogP contribution in [0.3, 0.4) is 0 Å². The van der Waals surface area contributed by atoms with E-state index in [1.807, 2.05) is 48.0 Å². The fourth-order valence-corrected chi connectivity index (χ4v) is 2.96. The summed E-state index contributed by atoms with van der Waals surface area (Å²) < 4.78 is 7.33. The topological polar surface area (TPSA) is 51.1 Å². The minimum Gasteiger partial charge on any atom is -0.495 e.